The van der Waals surface area contributed by atoms with E-state index in [1.54, 1.807) is 24.4 Å². The minimum absolute atomic E-state index is 0.148. The monoisotopic (exact) mass is 411 g/mol. The van der Waals surface area contributed by atoms with Gasteiger partial charge in [0, 0.05) is 36.2 Å². The highest BCUT2D eigenvalue weighted by Gasteiger charge is 2.16. The molecule has 0 aliphatic heterocycles. The summed E-state index contributed by atoms with van der Waals surface area (Å²) in [4.78, 5) is 28.0. The first-order chi connectivity index (χ1) is 14.0. The number of amides is 1. The lowest BCUT2D eigenvalue weighted by atomic mass is 10.1. The van der Waals surface area contributed by atoms with Crippen molar-refractivity contribution in [1.82, 2.24) is 14.8 Å². The summed E-state index contributed by atoms with van der Waals surface area (Å²) in [7, 11) is 0. The van der Waals surface area contributed by atoms with Crippen LogP contribution >= 0.6 is 11.6 Å². The fraction of sp³-hybridized carbons (Fsp3) is 0.304. The minimum Gasteiger partial charge on any atom is -0.351 e. The molecule has 0 aliphatic carbocycles. The summed E-state index contributed by atoms with van der Waals surface area (Å²) >= 11 is 6.17. The standard InChI is InChI=1S/C23H26ClN3O2/c1-3-26(4-2)13-12-25-23(29)20-16-27(15-17-8-6-5-7-9-17)21-14-18(24)10-11-19(21)22(20)28/h5-11,14,16H,3-4,12-13,15H2,1-2H3,(H,25,29). The van der Waals surface area contributed by atoms with Crippen LogP contribution in [0.25, 0.3) is 10.9 Å². The van der Waals surface area contributed by atoms with E-state index in [2.05, 4.69) is 24.1 Å². The highest BCUT2D eigenvalue weighted by Crippen LogP contribution is 2.19. The molecule has 3 rings (SSSR count). The van der Waals surface area contributed by atoms with Gasteiger partial charge in [0.25, 0.3) is 5.91 Å². The van der Waals surface area contributed by atoms with Gasteiger partial charge in [-0.3, -0.25) is 9.59 Å². The molecule has 0 spiro atoms. The Morgan fingerprint density at radius 1 is 1.10 bits per heavy atom. The highest BCUT2D eigenvalue weighted by atomic mass is 35.5. The molecule has 0 saturated heterocycles. The number of benzene rings is 2. The fourth-order valence-corrected chi connectivity index (χ4v) is 3.57. The molecule has 0 fully saturated rings. The third-order valence-electron chi connectivity index (χ3n) is 5.09. The van der Waals surface area contributed by atoms with Crippen LogP contribution in [0.2, 0.25) is 5.02 Å². The van der Waals surface area contributed by atoms with Crippen molar-refractivity contribution in [3.8, 4) is 0 Å². The second-order valence-corrected chi connectivity index (χ2v) is 7.37. The average Bonchev–Trinajstić information content (AvgIpc) is 2.73. The van der Waals surface area contributed by atoms with Crippen LogP contribution in [0.4, 0.5) is 0 Å². The summed E-state index contributed by atoms with van der Waals surface area (Å²) in [5, 5.41) is 3.92. The molecule has 1 amide bonds. The molecule has 0 saturated carbocycles. The molecule has 0 unspecified atom stereocenters. The van der Waals surface area contributed by atoms with Gasteiger partial charge in [-0.05, 0) is 36.9 Å². The Bertz CT molecular complexity index is 1040. The molecule has 0 atom stereocenters. The molecule has 152 valence electrons. The second kappa shape index (κ2) is 9.72. The van der Waals surface area contributed by atoms with E-state index in [1.807, 2.05) is 34.9 Å². The van der Waals surface area contributed by atoms with E-state index < -0.39 is 0 Å². The smallest absolute Gasteiger partial charge is 0.256 e. The first-order valence-electron chi connectivity index (χ1n) is 9.90. The van der Waals surface area contributed by atoms with Crippen LogP contribution in [0.1, 0.15) is 29.8 Å². The number of nitrogens with one attached hydrogen (secondary N) is 1. The maximum absolute atomic E-state index is 13.0. The molecule has 6 heteroatoms. The van der Waals surface area contributed by atoms with Crippen LogP contribution in [0.5, 0.6) is 0 Å². The van der Waals surface area contributed by atoms with Gasteiger partial charge in [-0.25, -0.2) is 0 Å². The number of carbonyl (C=O) groups is 1. The quantitative estimate of drug-likeness (QED) is 0.613. The maximum Gasteiger partial charge on any atom is 0.256 e. The first-order valence-corrected chi connectivity index (χ1v) is 10.3. The van der Waals surface area contributed by atoms with Crippen molar-refractivity contribution in [2.24, 2.45) is 0 Å². The van der Waals surface area contributed by atoms with Crippen molar-refractivity contribution in [3.63, 3.8) is 0 Å². The fourth-order valence-electron chi connectivity index (χ4n) is 3.40. The Balaban J connectivity index is 1.95. The number of hydrogen-bond acceptors (Lipinski definition) is 3. The predicted molar refractivity (Wildman–Crippen MR) is 119 cm³/mol. The van der Waals surface area contributed by atoms with E-state index in [9.17, 15) is 9.59 Å². The van der Waals surface area contributed by atoms with E-state index in [1.165, 1.54) is 0 Å². The number of nitrogens with zero attached hydrogens (tertiary/aromatic N) is 2. The predicted octanol–water partition coefficient (Wildman–Crippen LogP) is 3.77. The van der Waals surface area contributed by atoms with Crippen LogP contribution < -0.4 is 10.7 Å². The SMILES string of the molecule is CCN(CC)CCNC(=O)c1cn(Cc2ccccc2)c2cc(Cl)ccc2c1=O. The van der Waals surface area contributed by atoms with E-state index in [0.717, 1.165) is 25.2 Å². The van der Waals surface area contributed by atoms with Crippen LogP contribution in [0.15, 0.2) is 59.5 Å². The van der Waals surface area contributed by atoms with E-state index in [0.29, 0.717) is 29.0 Å². The zero-order valence-corrected chi connectivity index (χ0v) is 17.6. The lowest BCUT2D eigenvalue weighted by Crippen LogP contribution is -2.36. The molecular formula is C23H26ClN3O2. The Morgan fingerprint density at radius 2 is 1.83 bits per heavy atom. The van der Waals surface area contributed by atoms with Crippen molar-refractivity contribution in [2.45, 2.75) is 20.4 Å². The van der Waals surface area contributed by atoms with Crippen LogP contribution in [0, 0.1) is 0 Å². The molecule has 1 heterocycles. The average molecular weight is 412 g/mol. The van der Waals surface area contributed by atoms with Gasteiger partial charge in [-0.1, -0.05) is 55.8 Å². The van der Waals surface area contributed by atoms with Gasteiger partial charge in [-0.15, -0.1) is 0 Å². The highest BCUT2D eigenvalue weighted by molar-refractivity contribution is 6.31. The summed E-state index contributed by atoms with van der Waals surface area (Å²) in [5.74, 6) is -0.346. The lowest BCUT2D eigenvalue weighted by Gasteiger charge is -2.18. The zero-order valence-electron chi connectivity index (χ0n) is 16.8. The lowest BCUT2D eigenvalue weighted by molar-refractivity contribution is 0.0947. The number of fused-ring (bicyclic) bond motifs is 1. The van der Waals surface area contributed by atoms with Gasteiger partial charge < -0.3 is 14.8 Å². The summed E-state index contributed by atoms with van der Waals surface area (Å²) in [6.45, 7) is 7.80. The number of carbonyl (C=O) groups excluding carboxylic acids is 1. The van der Waals surface area contributed by atoms with Gasteiger partial charge in [-0.2, -0.15) is 0 Å². The summed E-state index contributed by atoms with van der Waals surface area (Å²) in [6, 6.07) is 15.1. The Kier molecular flexibility index (Phi) is 7.07. The maximum atomic E-state index is 13.0. The molecule has 1 N–H and O–H groups in total. The zero-order chi connectivity index (χ0) is 20.8. The van der Waals surface area contributed by atoms with Crippen LogP contribution in [0.3, 0.4) is 0 Å². The van der Waals surface area contributed by atoms with Crippen molar-refractivity contribution < 1.29 is 4.79 Å². The van der Waals surface area contributed by atoms with Gasteiger partial charge in [0.05, 0.1) is 5.52 Å². The molecule has 0 aliphatic rings. The summed E-state index contributed by atoms with van der Waals surface area (Å²) < 4.78 is 1.91. The normalized spacial score (nSPS) is 11.2. The van der Waals surface area contributed by atoms with Crippen molar-refractivity contribution in [1.29, 1.82) is 0 Å². The van der Waals surface area contributed by atoms with Crippen molar-refractivity contribution in [2.75, 3.05) is 26.2 Å². The largest absolute Gasteiger partial charge is 0.351 e. The molecule has 3 aromatic rings. The molecule has 0 bridgehead atoms. The first kappa shape index (κ1) is 21.1. The molecule has 29 heavy (non-hydrogen) atoms. The Morgan fingerprint density at radius 3 is 2.52 bits per heavy atom. The van der Waals surface area contributed by atoms with E-state index >= 15 is 0 Å². The van der Waals surface area contributed by atoms with Crippen molar-refractivity contribution >= 4 is 28.4 Å². The number of aromatic nitrogens is 1. The summed E-state index contributed by atoms with van der Waals surface area (Å²) in [6.07, 6.45) is 1.64. The van der Waals surface area contributed by atoms with Gasteiger partial charge >= 0.3 is 0 Å². The molecule has 2 aromatic carbocycles. The number of halogens is 1. The molecule has 0 radical (unpaired) electrons. The second-order valence-electron chi connectivity index (χ2n) is 6.93. The minimum atomic E-state index is -0.346. The Labute approximate surface area is 175 Å². The van der Waals surface area contributed by atoms with Gasteiger partial charge in [0.1, 0.15) is 5.56 Å². The topological polar surface area (TPSA) is 54.3 Å². The van der Waals surface area contributed by atoms with Crippen LogP contribution in [-0.4, -0.2) is 41.6 Å². The van der Waals surface area contributed by atoms with Crippen molar-refractivity contribution in [3.05, 3.63) is 81.1 Å². The third-order valence-corrected chi connectivity index (χ3v) is 5.33. The number of pyridine rings is 1. The molecule has 1 aromatic heterocycles. The van der Waals surface area contributed by atoms with Crippen LogP contribution in [-0.2, 0) is 6.54 Å². The van der Waals surface area contributed by atoms with E-state index in [-0.39, 0.29) is 16.9 Å². The van der Waals surface area contributed by atoms with Gasteiger partial charge in [0.2, 0.25) is 5.43 Å². The van der Waals surface area contributed by atoms with Gasteiger partial charge in [0.15, 0.2) is 0 Å². The molecule has 5 nitrogen and oxygen atoms in total. The summed E-state index contributed by atoms with van der Waals surface area (Å²) in [5.41, 5.74) is 1.66. The Hall–Kier alpha value is -2.63. The third kappa shape index (κ3) is 5.05. The number of likely N-dealkylation sites (N-methyl/N-ethyl adjacent to an activating group) is 1. The number of rotatable bonds is 8. The number of hydrogen-bond donors (Lipinski definition) is 1. The van der Waals surface area contributed by atoms with E-state index in [4.69, 9.17) is 11.6 Å². The molecular weight excluding hydrogens is 386 g/mol.